The summed E-state index contributed by atoms with van der Waals surface area (Å²) in [6, 6.07) is 0.513. The maximum Gasteiger partial charge on any atom is 0.204 e. The summed E-state index contributed by atoms with van der Waals surface area (Å²) in [5, 5.41) is 11.3. The Hall–Kier alpha value is -0.420. The Bertz CT molecular complexity index is 352. The zero-order valence-corrected chi connectivity index (χ0v) is 10.6. The molecule has 0 aliphatic heterocycles. The minimum Gasteiger partial charge on any atom is -0.357 e. The van der Waals surface area contributed by atoms with Crippen molar-refractivity contribution in [2.45, 2.75) is 45.1 Å². The zero-order chi connectivity index (χ0) is 10.7. The molecule has 1 aromatic heterocycles. The number of nitrogens with zero attached hydrogens (tertiary/aromatic N) is 1. The average molecular weight is 243 g/mol. The standard InChI is InChI=1S/C10H17N3S2/c1-7(8-5-3-2-4-6-8)11-9-12-13-10(14)15-9/h7-8H,2-6H2,1H3,(H,11,12)(H,13,14). The van der Waals surface area contributed by atoms with Crippen molar-refractivity contribution in [2.24, 2.45) is 5.92 Å². The quantitative estimate of drug-likeness (QED) is 0.797. The molecule has 0 amide bonds. The van der Waals surface area contributed by atoms with E-state index in [-0.39, 0.29) is 0 Å². The lowest BCUT2D eigenvalue weighted by Crippen LogP contribution is -2.27. The van der Waals surface area contributed by atoms with Crippen LogP contribution in [0.2, 0.25) is 0 Å². The van der Waals surface area contributed by atoms with E-state index in [4.69, 9.17) is 12.2 Å². The van der Waals surface area contributed by atoms with Crippen LogP contribution >= 0.6 is 23.6 Å². The van der Waals surface area contributed by atoms with Crippen LogP contribution < -0.4 is 5.32 Å². The van der Waals surface area contributed by atoms with Gasteiger partial charge in [-0.3, -0.25) is 5.10 Å². The van der Waals surface area contributed by atoms with E-state index < -0.39 is 0 Å². The topological polar surface area (TPSA) is 40.7 Å². The molecule has 5 heteroatoms. The Balaban J connectivity index is 1.90. The van der Waals surface area contributed by atoms with Gasteiger partial charge in [0.15, 0.2) is 3.95 Å². The summed E-state index contributed by atoms with van der Waals surface area (Å²) in [5.74, 6) is 0.802. The molecule has 15 heavy (non-hydrogen) atoms. The molecule has 1 aliphatic rings. The third-order valence-electron chi connectivity index (χ3n) is 3.15. The van der Waals surface area contributed by atoms with Crippen molar-refractivity contribution >= 4 is 28.7 Å². The fraction of sp³-hybridized carbons (Fsp3) is 0.800. The maximum atomic E-state index is 5.00. The van der Waals surface area contributed by atoms with Crippen molar-refractivity contribution in [1.82, 2.24) is 10.2 Å². The van der Waals surface area contributed by atoms with E-state index in [9.17, 15) is 0 Å². The summed E-state index contributed by atoms with van der Waals surface area (Å²) < 4.78 is 0.744. The third-order valence-corrected chi connectivity index (χ3v) is 4.17. The molecule has 0 saturated heterocycles. The van der Waals surface area contributed by atoms with Gasteiger partial charge < -0.3 is 5.32 Å². The van der Waals surface area contributed by atoms with Crippen molar-refractivity contribution in [1.29, 1.82) is 0 Å². The molecule has 2 rings (SSSR count). The number of aromatic amines is 1. The average Bonchev–Trinajstić information content (AvgIpc) is 2.65. The smallest absolute Gasteiger partial charge is 0.204 e. The number of anilines is 1. The SMILES string of the molecule is CC(Nc1n[nH]c(=S)s1)C1CCCCC1. The number of H-pyrrole nitrogens is 1. The number of aromatic nitrogens is 2. The van der Waals surface area contributed by atoms with E-state index in [1.807, 2.05) is 0 Å². The fourth-order valence-corrected chi connectivity index (χ4v) is 3.12. The van der Waals surface area contributed by atoms with Crippen LogP contribution in [0.15, 0.2) is 0 Å². The van der Waals surface area contributed by atoms with Gasteiger partial charge in [0.1, 0.15) is 0 Å². The fourth-order valence-electron chi connectivity index (χ4n) is 2.24. The maximum absolute atomic E-state index is 5.00. The molecule has 0 spiro atoms. The van der Waals surface area contributed by atoms with Crippen LogP contribution in [-0.4, -0.2) is 16.2 Å². The molecule has 1 heterocycles. The highest BCUT2D eigenvalue weighted by Gasteiger charge is 2.20. The van der Waals surface area contributed by atoms with Crippen molar-refractivity contribution in [2.75, 3.05) is 5.32 Å². The minimum absolute atomic E-state index is 0.513. The summed E-state index contributed by atoms with van der Waals surface area (Å²) >= 11 is 6.52. The molecule has 1 aromatic rings. The van der Waals surface area contributed by atoms with Crippen LogP contribution in [0.25, 0.3) is 0 Å². The highest BCUT2D eigenvalue weighted by atomic mass is 32.1. The lowest BCUT2D eigenvalue weighted by atomic mass is 9.85. The second kappa shape index (κ2) is 5.07. The Labute approximate surface area is 99.3 Å². The van der Waals surface area contributed by atoms with Gasteiger partial charge in [0.2, 0.25) is 5.13 Å². The summed E-state index contributed by atoms with van der Waals surface area (Å²) in [6.45, 7) is 2.25. The van der Waals surface area contributed by atoms with Crippen LogP contribution in [-0.2, 0) is 0 Å². The van der Waals surface area contributed by atoms with Gasteiger partial charge in [-0.2, -0.15) is 0 Å². The minimum atomic E-state index is 0.513. The number of rotatable bonds is 3. The van der Waals surface area contributed by atoms with Crippen LogP contribution in [0.4, 0.5) is 5.13 Å². The molecule has 1 saturated carbocycles. The van der Waals surface area contributed by atoms with Gasteiger partial charge in [-0.05, 0) is 37.9 Å². The third kappa shape index (κ3) is 3.01. The zero-order valence-electron chi connectivity index (χ0n) is 8.95. The molecule has 0 aromatic carbocycles. The number of nitrogens with one attached hydrogen (secondary N) is 2. The van der Waals surface area contributed by atoms with Gasteiger partial charge in [0, 0.05) is 6.04 Å². The van der Waals surface area contributed by atoms with Gasteiger partial charge in [-0.25, -0.2) is 0 Å². The highest BCUT2D eigenvalue weighted by Crippen LogP contribution is 2.28. The molecular weight excluding hydrogens is 226 g/mol. The first-order valence-corrected chi connectivity index (χ1v) is 6.80. The van der Waals surface area contributed by atoms with Gasteiger partial charge >= 0.3 is 0 Å². The first kappa shape index (κ1) is 11.1. The number of hydrogen-bond donors (Lipinski definition) is 2. The van der Waals surface area contributed by atoms with Crippen molar-refractivity contribution < 1.29 is 0 Å². The molecule has 1 aliphatic carbocycles. The molecule has 84 valence electrons. The van der Waals surface area contributed by atoms with Gasteiger partial charge in [0.05, 0.1) is 0 Å². The molecule has 3 nitrogen and oxygen atoms in total. The second-order valence-electron chi connectivity index (χ2n) is 4.25. The first-order chi connectivity index (χ1) is 7.25. The molecule has 2 N–H and O–H groups in total. The lowest BCUT2D eigenvalue weighted by molar-refractivity contribution is 0.328. The summed E-state index contributed by atoms with van der Waals surface area (Å²) in [7, 11) is 0. The van der Waals surface area contributed by atoms with Crippen LogP contribution in [0.5, 0.6) is 0 Å². The van der Waals surface area contributed by atoms with E-state index in [0.717, 1.165) is 15.0 Å². The largest absolute Gasteiger partial charge is 0.357 e. The summed E-state index contributed by atoms with van der Waals surface area (Å²) in [4.78, 5) is 0. The van der Waals surface area contributed by atoms with Gasteiger partial charge in [-0.15, -0.1) is 5.10 Å². The normalized spacial score (nSPS) is 20.1. The highest BCUT2D eigenvalue weighted by molar-refractivity contribution is 7.73. The predicted molar refractivity (Wildman–Crippen MR) is 67.0 cm³/mol. The number of hydrogen-bond acceptors (Lipinski definition) is 4. The van der Waals surface area contributed by atoms with Crippen LogP contribution in [0, 0.1) is 9.87 Å². The Morgan fingerprint density at radius 3 is 2.80 bits per heavy atom. The van der Waals surface area contributed by atoms with Gasteiger partial charge in [-0.1, -0.05) is 30.6 Å². The van der Waals surface area contributed by atoms with Crippen LogP contribution in [0.1, 0.15) is 39.0 Å². The Morgan fingerprint density at radius 2 is 2.20 bits per heavy atom. The van der Waals surface area contributed by atoms with E-state index in [2.05, 4.69) is 22.4 Å². The second-order valence-corrected chi connectivity index (χ2v) is 5.92. The Kier molecular flexibility index (Phi) is 3.75. The monoisotopic (exact) mass is 243 g/mol. The summed E-state index contributed by atoms with van der Waals surface area (Å²) in [5.41, 5.74) is 0. The van der Waals surface area contributed by atoms with E-state index >= 15 is 0 Å². The van der Waals surface area contributed by atoms with Crippen molar-refractivity contribution in [3.8, 4) is 0 Å². The lowest BCUT2D eigenvalue weighted by Gasteiger charge is -2.27. The van der Waals surface area contributed by atoms with Gasteiger partial charge in [0.25, 0.3) is 0 Å². The van der Waals surface area contributed by atoms with Crippen LogP contribution in [0.3, 0.4) is 0 Å². The first-order valence-electron chi connectivity index (χ1n) is 5.58. The summed E-state index contributed by atoms with van der Waals surface area (Å²) in [6.07, 6.45) is 6.87. The van der Waals surface area contributed by atoms with E-state index in [1.54, 1.807) is 0 Å². The van der Waals surface area contributed by atoms with E-state index in [1.165, 1.54) is 43.4 Å². The van der Waals surface area contributed by atoms with E-state index in [0.29, 0.717) is 6.04 Å². The molecule has 1 atom stereocenters. The Morgan fingerprint density at radius 1 is 1.47 bits per heavy atom. The molecular formula is C10H17N3S2. The van der Waals surface area contributed by atoms with Crippen molar-refractivity contribution in [3.05, 3.63) is 3.95 Å². The molecule has 0 bridgehead atoms. The molecule has 1 fully saturated rings. The van der Waals surface area contributed by atoms with Crippen molar-refractivity contribution in [3.63, 3.8) is 0 Å². The molecule has 1 unspecified atom stereocenters. The molecule has 0 radical (unpaired) electrons. The predicted octanol–water partition coefficient (Wildman–Crippen LogP) is 3.58.